The van der Waals surface area contributed by atoms with Gasteiger partial charge < -0.3 is 0 Å². The second kappa shape index (κ2) is 8.98. The summed E-state index contributed by atoms with van der Waals surface area (Å²) in [5.74, 6) is 0. The maximum atomic E-state index is 2.51. The van der Waals surface area contributed by atoms with Gasteiger partial charge in [-0.15, -0.1) is 0 Å². The van der Waals surface area contributed by atoms with Crippen LogP contribution in [0.25, 0.3) is 22.8 Å². The molecule has 0 spiro atoms. The van der Waals surface area contributed by atoms with Gasteiger partial charge in [0.05, 0.1) is 0 Å². The van der Waals surface area contributed by atoms with Crippen molar-refractivity contribution in [3.05, 3.63) is 143 Å². The van der Waals surface area contributed by atoms with E-state index in [9.17, 15) is 0 Å². The molecule has 0 fully saturated rings. The van der Waals surface area contributed by atoms with E-state index in [4.69, 9.17) is 0 Å². The van der Waals surface area contributed by atoms with Crippen LogP contribution >= 0.6 is 11.8 Å². The summed E-state index contributed by atoms with van der Waals surface area (Å²) in [7, 11) is -1.78. The van der Waals surface area contributed by atoms with Crippen LogP contribution in [-0.2, 0) is 5.41 Å². The van der Waals surface area contributed by atoms with E-state index < -0.39 is 8.07 Å². The Hall–Kier alpha value is -3.59. The van der Waals surface area contributed by atoms with Crippen LogP contribution < -0.4 is 10.4 Å². The Morgan fingerprint density at radius 2 is 1.31 bits per heavy atom. The van der Waals surface area contributed by atoms with Crippen LogP contribution in [0.4, 0.5) is 0 Å². The molecule has 0 saturated heterocycles. The molecule has 0 N–H and O–H groups in total. The SMILES string of the molecule is CC1(C)c2cc(C=C(c3ccccc3)c3ccccc3)ccc2-c2c1ccc1c2Sc2ccccc2[Si]1(C)C. The van der Waals surface area contributed by atoms with Crippen molar-refractivity contribution in [2.75, 3.05) is 0 Å². The Balaban J connectivity index is 1.40. The molecular formula is C37H32SSi. The highest BCUT2D eigenvalue weighted by molar-refractivity contribution is 8.00. The van der Waals surface area contributed by atoms with E-state index in [1.54, 1.807) is 10.4 Å². The van der Waals surface area contributed by atoms with Crippen LogP contribution in [0.1, 0.15) is 41.7 Å². The van der Waals surface area contributed by atoms with Crippen LogP contribution in [0.5, 0.6) is 0 Å². The van der Waals surface area contributed by atoms with Gasteiger partial charge in [0.25, 0.3) is 0 Å². The number of hydrogen-bond donors (Lipinski definition) is 0. The van der Waals surface area contributed by atoms with E-state index in [-0.39, 0.29) is 5.41 Å². The molecule has 0 bridgehead atoms. The summed E-state index contributed by atoms with van der Waals surface area (Å²) in [4.78, 5) is 2.93. The van der Waals surface area contributed by atoms with Crippen LogP contribution in [0, 0.1) is 0 Å². The molecule has 0 atom stereocenters. The first-order valence-corrected chi connectivity index (χ1v) is 17.6. The van der Waals surface area contributed by atoms with Gasteiger partial charge in [-0.1, -0.05) is 148 Å². The van der Waals surface area contributed by atoms with Gasteiger partial charge in [0.2, 0.25) is 0 Å². The number of rotatable bonds is 3. The molecular weight excluding hydrogens is 505 g/mol. The highest BCUT2D eigenvalue weighted by Gasteiger charge is 2.42. The van der Waals surface area contributed by atoms with Crippen LogP contribution in [-0.4, -0.2) is 8.07 Å². The van der Waals surface area contributed by atoms with Gasteiger partial charge in [0.15, 0.2) is 0 Å². The van der Waals surface area contributed by atoms with Crippen molar-refractivity contribution >= 4 is 41.9 Å². The summed E-state index contributed by atoms with van der Waals surface area (Å²) in [6.07, 6.45) is 2.36. The maximum Gasteiger partial charge on any atom is 0.115 e. The van der Waals surface area contributed by atoms with E-state index >= 15 is 0 Å². The van der Waals surface area contributed by atoms with Gasteiger partial charge in [-0.05, 0) is 67.0 Å². The first-order valence-electron chi connectivity index (χ1n) is 13.8. The molecule has 0 unspecified atom stereocenters. The van der Waals surface area contributed by atoms with Gasteiger partial charge in [0, 0.05) is 15.2 Å². The van der Waals surface area contributed by atoms with Crippen LogP contribution in [0.3, 0.4) is 0 Å². The molecule has 5 aromatic carbocycles. The first kappa shape index (κ1) is 24.4. The summed E-state index contributed by atoms with van der Waals surface area (Å²) < 4.78 is 0. The average molecular weight is 537 g/mol. The number of benzene rings is 5. The molecule has 39 heavy (non-hydrogen) atoms. The van der Waals surface area contributed by atoms with Crippen LogP contribution in [0.15, 0.2) is 125 Å². The Morgan fingerprint density at radius 3 is 2.00 bits per heavy atom. The predicted octanol–water partition coefficient (Wildman–Crippen LogP) is 8.87. The van der Waals surface area contributed by atoms with Crippen molar-refractivity contribution in [3.63, 3.8) is 0 Å². The van der Waals surface area contributed by atoms with Gasteiger partial charge >= 0.3 is 0 Å². The molecule has 2 heteroatoms. The van der Waals surface area contributed by atoms with E-state index in [2.05, 4.69) is 148 Å². The minimum Gasteiger partial charge on any atom is -0.0897 e. The smallest absolute Gasteiger partial charge is 0.0897 e. The number of fused-ring (bicyclic) bond motifs is 6. The minimum atomic E-state index is -1.78. The van der Waals surface area contributed by atoms with Gasteiger partial charge in [-0.3, -0.25) is 0 Å². The average Bonchev–Trinajstić information content (AvgIpc) is 3.19. The first-order chi connectivity index (χ1) is 18.9. The van der Waals surface area contributed by atoms with E-state index in [1.165, 1.54) is 54.3 Å². The van der Waals surface area contributed by atoms with Crippen molar-refractivity contribution in [2.45, 2.75) is 42.1 Å². The third-order valence-corrected chi connectivity index (χ3v) is 13.9. The molecule has 0 amide bonds. The molecule has 190 valence electrons. The third kappa shape index (κ3) is 3.81. The lowest BCUT2D eigenvalue weighted by Crippen LogP contribution is -2.56. The Morgan fingerprint density at radius 1 is 0.667 bits per heavy atom. The second-order valence-corrected chi connectivity index (χ2v) is 17.2. The fraction of sp³-hybridized carbons (Fsp3) is 0.135. The van der Waals surface area contributed by atoms with E-state index in [0.717, 1.165) is 0 Å². The van der Waals surface area contributed by atoms with Crippen molar-refractivity contribution < 1.29 is 0 Å². The normalized spacial score (nSPS) is 15.5. The maximum absolute atomic E-state index is 2.51. The Bertz CT molecular complexity index is 1720. The lowest BCUT2D eigenvalue weighted by Gasteiger charge is -2.34. The lowest BCUT2D eigenvalue weighted by molar-refractivity contribution is 0.659. The van der Waals surface area contributed by atoms with E-state index in [1.807, 2.05) is 11.8 Å². The third-order valence-electron chi connectivity index (χ3n) is 8.74. The van der Waals surface area contributed by atoms with Gasteiger partial charge in [-0.25, -0.2) is 0 Å². The molecule has 5 aromatic rings. The van der Waals surface area contributed by atoms with Crippen molar-refractivity contribution in [1.82, 2.24) is 0 Å². The summed E-state index contributed by atoms with van der Waals surface area (Å²) in [5.41, 5.74) is 10.7. The topological polar surface area (TPSA) is 0 Å². The largest absolute Gasteiger partial charge is 0.115 e. The zero-order valence-corrected chi connectivity index (χ0v) is 24.8. The standard InChI is InChI=1S/C37H32SSi/c1-37(2)30-21-22-34-36(38-32-17-11-12-18-33(32)39(34,3)4)35(30)28-20-19-25(24-31(28)37)23-29(26-13-7-5-8-14-26)27-15-9-6-10-16-27/h5-24H,1-4H3. The highest BCUT2D eigenvalue weighted by atomic mass is 32.2. The highest BCUT2D eigenvalue weighted by Crippen LogP contribution is 2.53. The molecule has 0 radical (unpaired) electrons. The van der Waals surface area contributed by atoms with Gasteiger partial charge in [-0.2, -0.15) is 0 Å². The Kier molecular flexibility index (Phi) is 5.63. The summed E-state index contributed by atoms with van der Waals surface area (Å²) in [6.45, 7) is 9.83. The molecule has 0 saturated carbocycles. The quantitative estimate of drug-likeness (QED) is 0.164. The molecule has 1 aliphatic heterocycles. The summed E-state index contributed by atoms with van der Waals surface area (Å²) in [6, 6.07) is 42.6. The molecule has 0 aromatic heterocycles. The fourth-order valence-electron chi connectivity index (χ4n) is 6.56. The lowest BCUT2D eigenvalue weighted by atomic mass is 9.82. The van der Waals surface area contributed by atoms with Crippen molar-refractivity contribution in [2.24, 2.45) is 0 Å². The van der Waals surface area contributed by atoms with E-state index in [0.29, 0.717) is 0 Å². The summed E-state index contributed by atoms with van der Waals surface area (Å²) >= 11 is 1.99. The summed E-state index contributed by atoms with van der Waals surface area (Å²) in [5, 5.41) is 3.14. The molecule has 1 heterocycles. The molecule has 2 aliphatic rings. The zero-order chi connectivity index (χ0) is 26.8. The monoisotopic (exact) mass is 536 g/mol. The zero-order valence-electron chi connectivity index (χ0n) is 23.0. The second-order valence-electron chi connectivity index (χ2n) is 11.8. The molecule has 7 rings (SSSR count). The Labute approximate surface area is 237 Å². The molecule has 0 nitrogen and oxygen atoms in total. The van der Waals surface area contributed by atoms with Crippen LogP contribution in [0.2, 0.25) is 13.1 Å². The van der Waals surface area contributed by atoms with Crippen molar-refractivity contribution in [1.29, 1.82) is 0 Å². The minimum absolute atomic E-state index is 0.0492. The van der Waals surface area contributed by atoms with Crippen molar-refractivity contribution in [3.8, 4) is 11.1 Å². The predicted molar refractivity (Wildman–Crippen MR) is 171 cm³/mol. The van der Waals surface area contributed by atoms with Gasteiger partial charge in [0.1, 0.15) is 8.07 Å². The molecule has 1 aliphatic carbocycles. The fourth-order valence-corrected chi connectivity index (χ4v) is 12.1. The number of hydrogen-bond acceptors (Lipinski definition) is 1.